The van der Waals surface area contributed by atoms with Gasteiger partial charge in [-0.1, -0.05) is 6.42 Å². The third-order valence-corrected chi connectivity index (χ3v) is 6.28. The molecule has 2 aliphatic heterocycles. The number of imidazole rings is 1. The van der Waals surface area contributed by atoms with Crippen LogP contribution in [-0.4, -0.2) is 69.9 Å². The standard InChI is InChI=1S/C23H33N5O3/c29-22-16-19-6-1-3-11-27(19)13-5-14-28(12-4-2-9-25-22)23(30)21-8-7-20(31-21)17-26-15-10-24-18-26/h7-8,10,15,18-19H,1-6,9,11-14,16-17H2,(H,25,29). The van der Waals surface area contributed by atoms with Gasteiger partial charge in [-0.2, -0.15) is 0 Å². The van der Waals surface area contributed by atoms with Crippen molar-refractivity contribution in [2.75, 3.05) is 32.7 Å². The Hall–Kier alpha value is -2.61. The minimum Gasteiger partial charge on any atom is -0.454 e. The number of amides is 2. The monoisotopic (exact) mass is 427 g/mol. The second kappa shape index (κ2) is 10.6. The van der Waals surface area contributed by atoms with E-state index < -0.39 is 0 Å². The van der Waals surface area contributed by atoms with Gasteiger partial charge in [-0.05, 0) is 50.8 Å². The minimum atomic E-state index is -0.0500. The van der Waals surface area contributed by atoms with Crippen LogP contribution in [0.15, 0.2) is 35.3 Å². The second-order valence-electron chi connectivity index (χ2n) is 8.59. The smallest absolute Gasteiger partial charge is 0.289 e. The van der Waals surface area contributed by atoms with Crippen molar-refractivity contribution in [3.05, 3.63) is 42.4 Å². The van der Waals surface area contributed by atoms with Crippen LogP contribution in [0.2, 0.25) is 0 Å². The van der Waals surface area contributed by atoms with Crippen LogP contribution in [0.4, 0.5) is 0 Å². The molecule has 8 nitrogen and oxygen atoms in total. The molecule has 8 heteroatoms. The molecule has 0 bridgehead atoms. The molecule has 1 unspecified atom stereocenters. The van der Waals surface area contributed by atoms with Gasteiger partial charge in [-0.15, -0.1) is 0 Å². The van der Waals surface area contributed by atoms with E-state index in [0.29, 0.717) is 44.4 Å². The van der Waals surface area contributed by atoms with E-state index in [1.54, 1.807) is 18.6 Å². The number of furan rings is 1. The Balaban J connectivity index is 1.40. The summed E-state index contributed by atoms with van der Waals surface area (Å²) in [5.41, 5.74) is 0. The van der Waals surface area contributed by atoms with E-state index in [2.05, 4.69) is 15.2 Å². The molecule has 0 radical (unpaired) electrons. The molecule has 0 aromatic carbocycles. The van der Waals surface area contributed by atoms with Crippen molar-refractivity contribution < 1.29 is 14.0 Å². The second-order valence-corrected chi connectivity index (χ2v) is 8.59. The molecule has 2 aromatic heterocycles. The number of piperidine rings is 1. The highest BCUT2D eigenvalue weighted by Gasteiger charge is 2.26. The van der Waals surface area contributed by atoms with Crippen LogP contribution in [0.5, 0.6) is 0 Å². The van der Waals surface area contributed by atoms with E-state index in [1.165, 1.54) is 12.8 Å². The average Bonchev–Trinajstić information content (AvgIpc) is 3.45. The maximum atomic E-state index is 13.2. The number of nitrogens with zero attached hydrogens (tertiary/aromatic N) is 4. The number of rotatable bonds is 3. The van der Waals surface area contributed by atoms with Gasteiger partial charge in [0.05, 0.1) is 12.9 Å². The zero-order valence-electron chi connectivity index (χ0n) is 18.2. The van der Waals surface area contributed by atoms with Crippen molar-refractivity contribution in [2.45, 2.75) is 57.5 Å². The van der Waals surface area contributed by atoms with E-state index in [0.717, 1.165) is 44.5 Å². The Bertz CT molecular complexity index is 847. The molecule has 31 heavy (non-hydrogen) atoms. The van der Waals surface area contributed by atoms with E-state index >= 15 is 0 Å². The third-order valence-electron chi connectivity index (χ3n) is 6.28. The summed E-state index contributed by atoms with van der Waals surface area (Å²) < 4.78 is 7.77. The summed E-state index contributed by atoms with van der Waals surface area (Å²) in [6, 6.07) is 3.97. The molecule has 4 heterocycles. The van der Waals surface area contributed by atoms with Gasteiger partial charge in [0.2, 0.25) is 5.91 Å². The van der Waals surface area contributed by atoms with E-state index in [1.807, 2.05) is 21.7 Å². The number of nitrogens with one attached hydrogen (secondary N) is 1. The fourth-order valence-electron chi connectivity index (χ4n) is 4.60. The van der Waals surface area contributed by atoms with Gasteiger partial charge >= 0.3 is 0 Å². The summed E-state index contributed by atoms with van der Waals surface area (Å²) in [7, 11) is 0. The summed E-state index contributed by atoms with van der Waals surface area (Å²) in [6.07, 6.45) is 12.0. The molecular weight excluding hydrogens is 394 g/mol. The lowest BCUT2D eigenvalue weighted by molar-refractivity contribution is -0.122. The highest BCUT2D eigenvalue weighted by Crippen LogP contribution is 2.20. The average molecular weight is 428 g/mol. The summed E-state index contributed by atoms with van der Waals surface area (Å²) >= 11 is 0. The van der Waals surface area contributed by atoms with Crippen LogP contribution >= 0.6 is 0 Å². The molecule has 168 valence electrons. The molecule has 2 amide bonds. The van der Waals surface area contributed by atoms with Crippen molar-refractivity contribution in [1.82, 2.24) is 24.7 Å². The highest BCUT2D eigenvalue weighted by atomic mass is 16.4. The quantitative estimate of drug-likeness (QED) is 0.814. The van der Waals surface area contributed by atoms with Crippen molar-refractivity contribution in [2.24, 2.45) is 0 Å². The van der Waals surface area contributed by atoms with Crippen LogP contribution in [0.3, 0.4) is 0 Å². The molecule has 0 aliphatic carbocycles. The van der Waals surface area contributed by atoms with Crippen molar-refractivity contribution >= 4 is 11.8 Å². The normalized spacial score (nSPS) is 22.0. The first-order valence-electron chi connectivity index (χ1n) is 11.5. The SMILES string of the molecule is O=C1CC2CCCCN2CCCN(C(=O)c2ccc(Cn3ccnc3)o2)CCCCN1. The first-order valence-corrected chi connectivity index (χ1v) is 11.5. The largest absolute Gasteiger partial charge is 0.454 e. The van der Waals surface area contributed by atoms with Crippen molar-refractivity contribution in [1.29, 1.82) is 0 Å². The van der Waals surface area contributed by atoms with E-state index in [9.17, 15) is 9.59 Å². The van der Waals surface area contributed by atoms with Crippen LogP contribution in [-0.2, 0) is 11.3 Å². The van der Waals surface area contributed by atoms with Gasteiger partial charge in [0, 0.05) is 51.0 Å². The fourth-order valence-corrected chi connectivity index (χ4v) is 4.60. The number of hydrogen-bond acceptors (Lipinski definition) is 5. The Morgan fingerprint density at radius 3 is 2.81 bits per heavy atom. The van der Waals surface area contributed by atoms with E-state index in [4.69, 9.17) is 4.42 Å². The summed E-state index contributed by atoms with van der Waals surface area (Å²) in [4.78, 5) is 33.9. The first-order chi connectivity index (χ1) is 15.2. The summed E-state index contributed by atoms with van der Waals surface area (Å²) in [6.45, 7) is 4.58. The Labute approximate surface area is 183 Å². The number of aromatic nitrogens is 2. The summed E-state index contributed by atoms with van der Waals surface area (Å²) in [5.74, 6) is 1.24. The fraction of sp³-hybridized carbons (Fsp3) is 0.609. The molecule has 0 saturated carbocycles. The molecule has 2 fully saturated rings. The zero-order chi connectivity index (χ0) is 21.5. The Morgan fingerprint density at radius 2 is 1.94 bits per heavy atom. The van der Waals surface area contributed by atoms with Crippen molar-refractivity contribution in [3.8, 4) is 0 Å². The van der Waals surface area contributed by atoms with Crippen LogP contribution in [0.1, 0.15) is 61.3 Å². The number of carbonyl (C=O) groups excluding carboxylic acids is 2. The minimum absolute atomic E-state index is 0.0500. The van der Waals surface area contributed by atoms with Gasteiger partial charge in [-0.3, -0.25) is 14.5 Å². The lowest BCUT2D eigenvalue weighted by Crippen LogP contribution is -2.44. The number of hydrogen-bond donors (Lipinski definition) is 1. The number of fused-ring (bicyclic) bond motifs is 1. The lowest BCUT2D eigenvalue weighted by Gasteiger charge is -2.35. The van der Waals surface area contributed by atoms with Gasteiger partial charge in [0.25, 0.3) is 5.91 Å². The van der Waals surface area contributed by atoms with Crippen molar-refractivity contribution in [3.63, 3.8) is 0 Å². The topological polar surface area (TPSA) is 83.6 Å². The van der Waals surface area contributed by atoms with Gasteiger partial charge in [-0.25, -0.2) is 4.98 Å². The lowest BCUT2D eigenvalue weighted by atomic mass is 9.98. The zero-order valence-corrected chi connectivity index (χ0v) is 18.2. The Kier molecular flexibility index (Phi) is 7.40. The predicted molar refractivity (Wildman–Crippen MR) is 117 cm³/mol. The summed E-state index contributed by atoms with van der Waals surface area (Å²) in [5, 5.41) is 3.06. The van der Waals surface area contributed by atoms with Gasteiger partial charge in [0.15, 0.2) is 5.76 Å². The van der Waals surface area contributed by atoms with Gasteiger partial charge in [0.1, 0.15) is 5.76 Å². The first kappa shape index (κ1) is 21.6. The molecule has 1 N–H and O–H groups in total. The maximum absolute atomic E-state index is 13.2. The molecule has 0 spiro atoms. The third kappa shape index (κ3) is 5.97. The molecule has 2 aliphatic rings. The van der Waals surface area contributed by atoms with Crippen LogP contribution in [0, 0.1) is 0 Å². The van der Waals surface area contributed by atoms with Crippen LogP contribution < -0.4 is 5.32 Å². The molecular formula is C23H33N5O3. The molecule has 2 saturated heterocycles. The maximum Gasteiger partial charge on any atom is 0.289 e. The molecule has 2 aromatic rings. The molecule has 1 atom stereocenters. The van der Waals surface area contributed by atoms with E-state index in [-0.39, 0.29) is 11.8 Å². The van der Waals surface area contributed by atoms with Crippen LogP contribution in [0.25, 0.3) is 0 Å². The Morgan fingerprint density at radius 1 is 1.10 bits per heavy atom. The highest BCUT2D eigenvalue weighted by molar-refractivity contribution is 5.91. The number of carbonyl (C=O) groups is 2. The predicted octanol–water partition coefficient (Wildman–Crippen LogP) is 2.51. The molecule has 4 rings (SSSR count). The van der Waals surface area contributed by atoms with Gasteiger partial charge < -0.3 is 19.2 Å².